The molecule has 112 valence electrons. The van der Waals surface area contributed by atoms with Crippen LogP contribution >= 0.6 is 0 Å². The lowest BCUT2D eigenvalue weighted by Gasteiger charge is -2.26. The Hall–Kier alpha value is -2.07. The van der Waals surface area contributed by atoms with Gasteiger partial charge in [-0.2, -0.15) is 0 Å². The molecule has 21 heavy (non-hydrogen) atoms. The van der Waals surface area contributed by atoms with Crippen molar-refractivity contribution in [2.45, 2.75) is 32.8 Å². The molecule has 2 aliphatic rings. The maximum Gasteiger partial charge on any atom is 0.234 e. The molecule has 4 heteroatoms. The molecule has 1 aliphatic heterocycles. The monoisotopic (exact) mass is 287 g/mol. The second kappa shape index (κ2) is 6.59. The van der Waals surface area contributed by atoms with Crippen LogP contribution in [0.1, 0.15) is 26.7 Å². The lowest BCUT2D eigenvalue weighted by molar-refractivity contribution is -0.125. The molecular formula is C17H21NO3. The van der Waals surface area contributed by atoms with E-state index in [1.807, 2.05) is 32.1 Å². The van der Waals surface area contributed by atoms with Gasteiger partial charge in [0.1, 0.15) is 18.5 Å². The Labute approximate surface area is 125 Å². The van der Waals surface area contributed by atoms with E-state index in [0.717, 1.165) is 23.3 Å². The first-order valence-electron chi connectivity index (χ1n) is 7.10. The first-order valence-corrected chi connectivity index (χ1v) is 7.10. The molecule has 1 unspecified atom stereocenters. The molecule has 0 radical (unpaired) electrons. The van der Waals surface area contributed by atoms with Crippen molar-refractivity contribution in [3.63, 3.8) is 0 Å². The Morgan fingerprint density at radius 3 is 2.90 bits per heavy atom. The van der Waals surface area contributed by atoms with Crippen molar-refractivity contribution < 1.29 is 14.6 Å². The average Bonchev–Trinajstić information content (AvgIpc) is 2.86. The summed E-state index contributed by atoms with van der Waals surface area (Å²) < 4.78 is 5.63. The van der Waals surface area contributed by atoms with Crippen LogP contribution in [0, 0.1) is 0 Å². The average molecular weight is 287 g/mol. The maximum absolute atomic E-state index is 11.8. The van der Waals surface area contributed by atoms with Crippen molar-refractivity contribution in [3.8, 4) is 0 Å². The summed E-state index contributed by atoms with van der Waals surface area (Å²) in [5.74, 6) is 0.465. The van der Waals surface area contributed by atoms with Crippen molar-refractivity contribution in [2.24, 2.45) is 0 Å². The van der Waals surface area contributed by atoms with Crippen molar-refractivity contribution in [1.29, 1.82) is 0 Å². The van der Waals surface area contributed by atoms with Gasteiger partial charge in [-0.1, -0.05) is 25.7 Å². The second-order valence-electron chi connectivity index (χ2n) is 5.23. The number of carbonyl (C=O) groups excluding carboxylic acids is 1. The van der Waals surface area contributed by atoms with Crippen molar-refractivity contribution in [2.75, 3.05) is 6.61 Å². The number of amides is 1. The van der Waals surface area contributed by atoms with E-state index in [2.05, 4.69) is 6.58 Å². The normalized spacial score (nSPS) is 23.4. The van der Waals surface area contributed by atoms with Gasteiger partial charge in [0, 0.05) is 18.7 Å². The minimum atomic E-state index is -0.797. The minimum Gasteiger partial charge on any atom is -0.490 e. The summed E-state index contributed by atoms with van der Waals surface area (Å²) in [6, 6.07) is 0. The zero-order chi connectivity index (χ0) is 15.4. The molecule has 0 aromatic heterocycles. The SMILES string of the molecule is C=C(C)COC1=CC(N2C=CCC2=O)=C/C(=C/CC)C1O. The Morgan fingerprint density at radius 1 is 1.57 bits per heavy atom. The number of rotatable bonds is 5. The van der Waals surface area contributed by atoms with E-state index in [9.17, 15) is 9.90 Å². The first kappa shape index (κ1) is 15.3. The van der Waals surface area contributed by atoms with Gasteiger partial charge in [0.05, 0.1) is 5.70 Å². The number of nitrogens with zero attached hydrogens (tertiary/aromatic N) is 1. The molecule has 1 atom stereocenters. The van der Waals surface area contributed by atoms with E-state index in [4.69, 9.17) is 4.74 Å². The smallest absolute Gasteiger partial charge is 0.234 e. The third kappa shape index (κ3) is 3.52. The van der Waals surface area contributed by atoms with Crippen LogP contribution in [0.2, 0.25) is 0 Å². The summed E-state index contributed by atoms with van der Waals surface area (Å²) in [5.41, 5.74) is 2.34. The van der Waals surface area contributed by atoms with Crippen LogP contribution < -0.4 is 0 Å². The molecular weight excluding hydrogens is 266 g/mol. The van der Waals surface area contributed by atoms with Gasteiger partial charge < -0.3 is 9.84 Å². The third-order valence-corrected chi connectivity index (χ3v) is 3.21. The molecule has 1 heterocycles. The predicted octanol–water partition coefficient (Wildman–Crippen LogP) is 2.80. The highest BCUT2D eigenvalue weighted by molar-refractivity contribution is 5.84. The van der Waals surface area contributed by atoms with Gasteiger partial charge in [-0.25, -0.2) is 0 Å². The lowest BCUT2D eigenvalue weighted by atomic mass is 9.99. The van der Waals surface area contributed by atoms with Crippen LogP contribution in [-0.4, -0.2) is 28.6 Å². The fourth-order valence-electron chi connectivity index (χ4n) is 2.22. The molecule has 0 fully saturated rings. The fourth-order valence-corrected chi connectivity index (χ4v) is 2.22. The van der Waals surface area contributed by atoms with Gasteiger partial charge in [0.15, 0.2) is 0 Å². The number of carbonyl (C=O) groups is 1. The molecule has 0 saturated heterocycles. The second-order valence-corrected chi connectivity index (χ2v) is 5.23. The van der Waals surface area contributed by atoms with Crippen LogP contribution in [0.15, 0.2) is 59.7 Å². The van der Waals surface area contributed by atoms with E-state index in [0.29, 0.717) is 18.8 Å². The van der Waals surface area contributed by atoms with Gasteiger partial charge in [-0.05, 0) is 30.6 Å². The Bertz CT molecular complexity index is 567. The van der Waals surface area contributed by atoms with E-state index < -0.39 is 6.10 Å². The maximum atomic E-state index is 11.8. The standard InChI is InChI=1S/C17H21NO3/c1-4-6-13-9-14(18-8-5-7-16(18)19)10-15(17(13)20)21-11-12(2)3/h5-6,8-10,17,20H,2,4,7,11H2,1,3H3/b13-6-. The molecule has 1 aliphatic carbocycles. The highest BCUT2D eigenvalue weighted by atomic mass is 16.5. The van der Waals surface area contributed by atoms with Gasteiger partial charge in [-0.15, -0.1) is 0 Å². The van der Waals surface area contributed by atoms with Crippen LogP contribution in [0.4, 0.5) is 0 Å². The molecule has 1 N–H and O–H groups in total. The largest absolute Gasteiger partial charge is 0.490 e. The Morgan fingerprint density at radius 2 is 2.33 bits per heavy atom. The van der Waals surface area contributed by atoms with E-state index in [1.54, 1.807) is 17.2 Å². The number of aliphatic hydroxyl groups is 1. The van der Waals surface area contributed by atoms with E-state index in [-0.39, 0.29) is 5.91 Å². The summed E-state index contributed by atoms with van der Waals surface area (Å²) in [5, 5.41) is 10.3. The van der Waals surface area contributed by atoms with E-state index >= 15 is 0 Å². The fraction of sp³-hybridized carbons (Fsp3) is 0.353. The summed E-state index contributed by atoms with van der Waals surface area (Å²) >= 11 is 0. The van der Waals surface area contributed by atoms with Crippen LogP contribution in [0.5, 0.6) is 0 Å². The van der Waals surface area contributed by atoms with Crippen LogP contribution in [0.25, 0.3) is 0 Å². The summed E-state index contributed by atoms with van der Waals surface area (Å²) in [7, 11) is 0. The Kier molecular flexibility index (Phi) is 4.81. The molecule has 0 bridgehead atoms. The third-order valence-electron chi connectivity index (χ3n) is 3.21. The van der Waals surface area contributed by atoms with Crippen molar-refractivity contribution in [1.82, 2.24) is 4.90 Å². The quantitative estimate of drug-likeness (QED) is 0.791. The van der Waals surface area contributed by atoms with Gasteiger partial charge >= 0.3 is 0 Å². The highest BCUT2D eigenvalue weighted by Gasteiger charge is 2.26. The summed E-state index contributed by atoms with van der Waals surface area (Å²) in [4.78, 5) is 13.4. The zero-order valence-electron chi connectivity index (χ0n) is 12.5. The summed E-state index contributed by atoms with van der Waals surface area (Å²) in [6.07, 6.45) is 9.46. The molecule has 2 rings (SSSR count). The zero-order valence-corrected chi connectivity index (χ0v) is 12.5. The molecule has 4 nitrogen and oxygen atoms in total. The van der Waals surface area contributed by atoms with Gasteiger partial charge in [0.25, 0.3) is 0 Å². The molecule has 0 aromatic carbocycles. The van der Waals surface area contributed by atoms with E-state index in [1.165, 1.54) is 0 Å². The number of aliphatic hydroxyl groups excluding tert-OH is 1. The number of hydrogen-bond acceptors (Lipinski definition) is 3. The molecule has 0 spiro atoms. The molecule has 0 saturated carbocycles. The predicted molar refractivity (Wildman–Crippen MR) is 81.9 cm³/mol. The van der Waals surface area contributed by atoms with Crippen LogP contribution in [0.3, 0.4) is 0 Å². The highest BCUT2D eigenvalue weighted by Crippen LogP contribution is 2.28. The van der Waals surface area contributed by atoms with Gasteiger partial charge in [-0.3, -0.25) is 9.69 Å². The van der Waals surface area contributed by atoms with Crippen molar-refractivity contribution in [3.05, 3.63) is 59.7 Å². The van der Waals surface area contributed by atoms with Gasteiger partial charge in [0.2, 0.25) is 5.91 Å². The van der Waals surface area contributed by atoms with Crippen LogP contribution in [-0.2, 0) is 9.53 Å². The Balaban J connectivity index is 2.30. The number of allylic oxidation sites excluding steroid dienone is 2. The first-order chi connectivity index (χ1) is 10.0. The molecule has 1 amide bonds. The number of ether oxygens (including phenoxy) is 1. The lowest BCUT2D eigenvalue weighted by Crippen LogP contribution is -2.26. The minimum absolute atomic E-state index is 0.0176. The topological polar surface area (TPSA) is 49.8 Å². The summed E-state index contributed by atoms with van der Waals surface area (Å²) in [6.45, 7) is 8.00. The molecule has 0 aromatic rings. The number of hydrogen-bond donors (Lipinski definition) is 1. The van der Waals surface area contributed by atoms with Crippen molar-refractivity contribution >= 4 is 5.91 Å².